The van der Waals surface area contributed by atoms with Crippen LogP contribution in [0.1, 0.15) is 4.88 Å². The zero-order chi connectivity index (χ0) is 16.1. The lowest BCUT2D eigenvalue weighted by atomic mass is 10.2. The molecule has 0 aliphatic heterocycles. The van der Waals surface area contributed by atoms with Crippen LogP contribution >= 0.6 is 11.3 Å². The molecule has 3 aromatic heterocycles. The number of carbonyl (C=O) groups excluding carboxylic acids is 1. The molecule has 0 aromatic carbocycles. The molecular formula is C16H14N4O2S. The Morgan fingerprint density at radius 1 is 1.22 bits per heavy atom. The maximum absolute atomic E-state index is 12.0. The van der Waals surface area contributed by atoms with Gasteiger partial charge in [-0.15, -0.1) is 11.3 Å². The van der Waals surface area contributed by atoms with E-state index < -0.39 is 0 Å². The van der Waals surface area contributed by atoms with Crippen LogP contribution in [-0.4, -0.2) is 20.7 Å². The van der Waals surface area contributed by atoms with Gasteiger partial charge in [-0.25, -0.2) is 4.68 Å². The molecule has 23 heavy (non-hydrogen) atoms. The maximum atomic E-state index is 12.0. The lowest BCUT2D eigenvalue weighted by Crippen LogP contribution is -2.33. The molecule has 0 aliphatic rings. The Hall–Kier alpha value is -2.80. The minimum atomic E-state index is -0.316. The zero-order valence-corrected chi connectivity index (χ0v) is 13.0. The lowest BCUT2D eigenvalue weighted by molar-refractivity contribution is -0.122. The number of amides is 1. The molecule has 0 spiro atoms. The topological polar surface area (TPSA) is 76.9 Å². The van der Waals surface area contributed by atoms with Crippen molar-refractivity contribution in [2.45, 2.75) is 13.1 Å². The third-order valence-electron chi connectivity index (χ3n) is 3.16. The average molecular weight is 326 g/mol. The molecular weight excluding hydrogens is 312 g/mol. The second-order valence-corrected chi connectivity index (χ2v) is 5.84. The summed E-state index contributed by atoms with van der Waals surface area (Å²) in [6, 6.07) is 10.5. The number of thiophene rings is 1. The first kappa shape index (κ1) is 15.1. The summed E-state index contributed by atoms with van der Waals surface area (Å²) in [4.78, 5) is 29.0. The summed E-state index contributed by atoms with van der Waals surface area (Å²) in [7, 11) is 0. The Kier molecular flexibility index (Phi) is 4.58. The van der Waals surface area contributed by atoms with Crippen molar-refractivity contribution in [1.82, 2.24) is 20.1 Å². The quantitative estimate of drug-likeness (QED) is 0.774. The SMILES string of the molecule is O=C(Cn1nc(-c2cccnc2)ccc1=O)NCc1cccs1. The molecule has 0 unspecified atom stereocenters. The van der Waals surface area contributed by atoms with Crippen LogP contribution in [0.25, 0.3) is 11.3 Å². The Labute approximate surface area is 136 Å². The number of hydrogen-bond acceptors (Lipinski definition) is 5. The van der Waals surface area contributed by atoms with Crippen LogP contribution < -0.4 is 10.9 Å². The normalized spacial score (nSPS) is 10.4. The van der Waals surface area contributed by atoms with Crippen molar-refractivity contribution in [3.05, 3.63) is 69.4 Å². The molecule has 0 saturated carbocycles. The highest BCUT2D eigenvalue weighted by molar-refractivity contribution is 7.09. The molecule has 116 valence electrons. The highest BCUT2D eigenvalue weighted by Gasteiger charge is 2.08. The summed E-state index contributed by atoms with van der Waals surface area (Å²) in [5.41, 5.74) is 1.08. The van der Waals surface area contributed by atoms with Crippen molar-refractivity contribution in [3.63, 3.8) is 0 Å². The Morgan fingerprint density at radius 3 is 2.87 bits per heavy atom. The predicted molar refractivity (Wildman–Crippen MR) is 87.9 cm³/mol. The largest absolute Gasteiger partial charge is 0.350 e. The van der Waals surface area contributed by atoms with Crippen LogP contribution in [-0.2, 0) is 17.9 Å². The van der Waals surface area contributed by atoms with E-state index in [4.69, 9.17) is 0 Å². The Balaban J connectivity index is 1.72. The lowest BCUT2D eigenvalue weighted by Gasteiger charge is -2.07. The van der Waals surface area contributed by atoms with Crippen molar-refractivity contribution in [3.8, 4) is 11.3 Å². The van der Waals surface area contributed by atoms with Gasteiger partial charge in [0.25, 0.3) is 5.56 Å². The number of pyridine rings is 1. The Morgan fingerprint density at radius 2 is 2.13 bits per heavy atom. The van der Waals surface area contributed by atoms with Crippen LogP contribution in [0, 0.1) is 0 Å². The predicted octanol–water partition coefficient (Wildman–Crippen LogP) is 1.68. The van der Waals surface area contributed by atoms with Gasteiger partial charge in [-0.1, -0.05) is 6.07 Å². The van der Waals surface area contributed by atoms with E-state index in [0.29, 0.717) is 12.2 Å². The number of nitrogens with zero attached hydrogens (tertiary/aromatic N) is 3. The highest BCUT2D eigenvalue weighted by atomic mass is 32.1. The molecule has 6 nitrogen and oxygen atoms in total. The van der Waals surface area contributed by atoms with E-state index in [2.05, 4.69) is 15.4 Å². The van der Waals surface area contributed by atoms with E-state index >= 15 is 0 Å². The summed E-state index contributed by atoms with van der Waals surface area (Å²) >= 11 is 1.57. The number of rotatable bonds is 5. The molecule has 0 radical (unpaired) electrons. The molecule has 3 rings (SSSR count). The average Bonchev–Trinajstić information content (AvgIpc) is 3.09. The van der Waals surface area contributed by atoms with E-state index in [0.717, 1.165) is 15.1 Å². The summed E-state index contributed by atoms with van der Waals surface area (Å²) in [5, 5.41) is 8.96. The van der Waals surface area contributed by atoms with Gasteiger partial charge in [0.15, 0.2) is 0 Å². The van der Waals surface area contributed by atoms with Gasteiger partial charge in [-0.2, -0.15) is 5.10 Å². The summed E-state index contributed by atoms with van der Waals surface area (Å²) < 4.78 is 1.16. The second kappa shape index (κ2) is 6.97. The van der Waals surface area contributed by atoms with Gasteiger partial charge in [-0.3, -0.25) is 14.6 Å². The third kappa shape index (κ3) is 3.89. The van der Waals surface area contributed by atoms with Crippen molar-refractivity contribution >= 4 is 17.2 Å². The van der Waals surface area contributed by atoms with Crippen LogP contribution in [0.15, 0.2) is 59.0 Å². The molecule has 3 heterocycles. The first-order valence-electron chi connectivity index (χ1n) is 7.00. The van der Waals surface area contributed by atoms with Crippen LogP contribution in [0.3, 0.4) is 0 Å². The molecule has 1 N–H and O–H groups in total. The van der Waals surface area contributed by atoms with Crippen LogP contribution in [0.5, 0.6) is 0 Å². The van der Waals surface area contributed by atoms with Gasteiger partial charge in [0.1, 0.15) is 6.54 Å². The summed E-state index contributed by atoms with van der Waals surface area (Å²) in [5.74, 6) is -0.253. The first-order chi connectivity index (χ1) is 11.2. The zero-order valence-electron chi connectivity index (χ0n) is 12.2. The number of aromatic nitrogens is 3. The van der Waals surface area contributed by atoms with E-state index in [1.807, 2.05) is 23.6 Å². The number of carbonyl (C=O) groups is 1. The molecule has 0 saturated heterocycles. The van der Waals surface area contributed by atoms with Gasteiger partial charge in [-0.05, 0) is 29.6 Å². The Bertz CT molecular complexity index is 844. The fourth-order valence-corrected chi connectivity index (χ4v) is 2.67. The summed E-state index contributed by atoms with van der Waals surface area (Å²) in [6.45, 7) is 0.339. The highest BCUT2D eigenvalue weighted by Crippen LogP contribution is 2.12. The third-order valence-corrected chi connectivity index (χ3v) is 4.03. The maximum Gasteiger partial charge on any atom is 0.267 e. The summed E-state index contributed by atoms with van der Waals surface area (Å²) in [6.07, 6.45) is 3.32. The van der Waals surface area contributed by atoms with Crippen molar-refractivity contribution in [1.29, 1.82) is 0 Å². The van der Waals surface area contributed by atoms with Crippen molar-refractivity contribution in [2.75, 3.05) is 0 Å². The van der Waals surface area contributed by atoms with Gasteiger partial charge < -0.3 is 5.32 Å². The first-order valence-corrected chi connectivity index (χ1v) is 7.88. The van der Waals surface area contributed by atoms with Crippen molar-refractivity contribution in [2.24, 2.45) is 0 Å². The van der Waals surface area contributed by atoms with Crippen molar-refractivity contribution < 1.29 is 4.79 Å². The van der Waals surface area contributed by atoms with Crippen LogP contribution in [0.2, 0.25) is 0 Å². The number of hydrogen-bond donors (Lipinski definition) is 1. The standard InChI is InChI=1S/C16H14N4O2S/c21-15(18-10-13-4-2-8-23-13)11-20-16(22)6-5-14(19-20)12-3-1-7-17-9-12/h1-9H,10-11H2,(H,18,21). The molecule has 0 fully saturated rings. The molecule has 0 bridgehead atoms. The minimum Gasteiger partial charge on any atom is -0.350 e. The minimum absolute atomic E-state index is 0.113. The van der Waals surface area contributed by atoms with E-state index in [1.54, 1.807) is 35.9 Å². The van der Waals surface area contributed by atoms with Gasteiger partial charge in [0.05, 0.1) is 12.2 Å². The van der Waals surface area contributed by atoms with Crippen LogP contribution in [0.4, 0.5) is 0 Å². The van der Waals surface area contributed by atoms with Gasteiger partial charge in [0, 0.05) is 28.9 Å². The fraction of sp³-hybridized carbons (Fsp3) is 0.125. The smallest absolute Gasteiger partial charge is 0.267 e. The molecule has 0 aliphatic carbocycles. The molecule has 0 atom stereocenters. The van der Waals surface area contributed by atoms with E-state index in [1.165, 1.54) is 6.07 Å². The van der Waals surface area contributed by atoms with E-state index in [9.17, 15) is 9.59 Å². The van der Waals surface area contributed by atoms with Gasteiger partial charge in [0.2, 0.25) is 5.91 Å². The fourth-order valence-electron chi connectivity index (χ4n) is 2.02. The molecule has 7 heteroatoms. The molecule has 3 aromatic rings. The second-order valence-electron chi connectivity index (χ2n) is 4.81. The molecule has 1 amide bonds. The number of nitrogens with one attached hydrogen (secondary N) is 1. The van der Waals surface area contributed by atoms with E-state index in [-0.39, 0.29) is 18.0 Å². The monoisotopic (exact) mass is 326 g/mol. The van der Waals surface area contributed by atoms with Gasteiger partial charge >= 0.3 is 0 Å².